The summed E-state index contributed by atoms with van der Waals surface area (Å²) in [6.45, 7) is 2.06. The summed E-state index contributed by atoms with van der Waals surface area (Å²) in [7, 11) is 0. The van der Waals surface area contributed by atoms with Gasteiger partial charge in [0.2, 0.25) is 0 Å². The van der Waals surface area contributed by atoms with Gasteiger partial charge < -0.3 is 0 Å². The Hall–Kier alpha value is -2.69. The number of benzene rings is 2. The fraction of sp³-hybridized carbons (Fsp3) is 0.0714. The lowest BCUT2D eigenvalue weighted by atomic mass is 10.1. The number of nitrogens with one attached hydrogen (secondary N) is 1. The minimum absolute atomic E-state index is 0.785. The van der Waals surface area contributed by atoms with Gasteiger partial charge in [0.1, 0.15) is 5.52 Å². The van der Waals surface area contributed by atoms with Gasteiger partial charge in [0.25, 0.3) is 0 Å². The van der Waals surface area contributed by atoms with Gasteiger partial charge in [-0.25, -0.2) is 0 Å². The number of aryl methyl sites for hydroxylation is 1. The highest BCUT2D eigenvalue weighted by atomic mass is 15.5. The summed E-state index contributed by atoms with van der Waals surface area (Å²) >= 11 is 0. The van der Waals surface area contributed by atoms with Crippen LogP contribution in [0.2, 0.25) is 0 Å². The molecule has 0 fully saturated rings. The molecule has 0 bridgehead atoms. The molecule has 2 aromatic heterocycles. The summed E-state index contributed by atoms with van der Waals surface area (Å²) in [6, 6.07) is 14.0. The van der Waals surface area contributed by atoms with E-state index in [1.807, 2.05) is 36.4 Å². The first-order valence-electron chi connectivity index (χ1n) is 6.09. The number of aromatic nitrogens is 5. The number of rotatable bonds is 1. The molecule has 2 aromatic carbocycles. The van der Waals surface area contributed by atoms with Crippen LogP contribution in [0.3, 0.4) is 0 Å². The highest BCUT2D eigenvalue weighted by Gasteiger charge is 2.12. The Balaban J connectivity index is 2.07. The predicted octanol–water partition coefficient (Wildman–Crippen LogP) is 2.61. The van der Waals surface area contributed by atoms with E-state index in [9.17, 15) is 0 Å². The molecule has 0 aliphatic carbocycles. The average Bonchev–Trinajstić information content (AvgIpc) is 3.02. The molecule has 1 N–H and O–H groups in total. The lowest BCUT2D eigenvalue weighted by Gasteiger charge is -1.98. The van der Waals surface area contributed by atoms with E-state index in [0.717, 1.165) is 27.8 Å². The molecule has 0 saturated carbocycles. The van der Waals surface area contributed by atoms with Crippen molar-refractivity contribution in [2.75, 3.05) is 0 Å². The molecule has 0 saturated heterocycles. The molecule has 0 aliphatic heterocycles. The number of hydrogen-bond donors (Lipinski definition) is 1. The van der Waals surface area contributed by atoms with Crippen molar-refractivity contribution in [3.63, 3.8) is 0 Å². The Kier molecular flexibility index (Phi) is 1.97. The van der Waals surface area contributed by atoms with E-state index in [2.05, 4.69) is 33.5 Å². The second-order valence-corrected chi connectivity index (χ2v) is 4.53. The molecule has 0 atom stereocenters. The Labute approximate surface area is 108 Å². The third-order valence-corrected chi connectivity index (χ3v) is 3.34. The molecule has 92 valence electrons. The van der Waals surface area contributed by atoms with Gasteiger partial charge in [-0.1, -0.05) is 29.5 Å². The first-order valence-corrected chi connectivity index (χ1v) is 6.09. The number of hydrogen-bond acceptors (Lipinski definition) is 3. The number of para-hydroxylation sites is 2. The highest BCUT2D eigenvalue weighted by Crippen LogP contribution is 2.23. The first kappa shape index (κ1) is 10.3. The third-order valence-electron chi connectivity index (χ3n) is 3.34. The zero-order chi connectivity index (χ0) is 12.8. The first-order chi connectivity index (χ1) is 9.34. The van der Waals surface area contributed by atoms with Gasteiger partial charge in [-0.3, -0.25) is 5.10 Å². The maximum absolute atomic E-state index is 4.38. The molecular weight excluding hydrogens is 238 g/mol. The van der Waals surface area contributed by atoms with E-state index in [-0.39, 0.29) is 0 Å². The maximum atomic E-state index is 4.38. The zero-order valence-electron chi connectivity index (χ0n) is 10.3. The van der Waals surface area contributed by atoms with E-state index >= 15 is 0 Å². The molecule has 19 heavy (non-hydrogen) atoms. The van der Waals surface area contributed by atoms with Gasteiger partial charge >= 0.3 is 0 Å². The van der Waals surface area contributed by atoms with Gasteiger partial charge in [-0.15, -0.1) is 5.10 Å². The normalized spacial score (nSPS) is 11.4. The molecule has 4 rings (SSSR count). The van der Waals surface area contributed by atoms with Crippen molar-refractivity contribution in [2.24, 2.45) is 0 Å². The van der Waals surface area contributed by atoms with Crippen LogP contribution in [-0.4, -0.2) is 25.2 Å². The van der Waals surface area contributed by atoms with E-state index < -0.39 is 0 Å². The topological polar surface area (TPSA) is 59.4 Å². The molecule has 0 radical (unpaired) electrons. The van der Waals surface area contributed by atoms with Gasteiger partial charge in [-0.05, 0) is 30.7 Å². The number of aromatic amines is 1. The summed E-state index contributed by atoms with van der Waals surface area (Å²) in [5, 5.41) is 16.9. The van der Waals surface area contributed by atoms with Crippen LogP contribution in [-0.2, 0) is 0 Å². The fourth-order valence-corrected chi connectivity index (χ4v) is 2.36. The van der Waals surface area contributed by atoms with Crippen molar-refractivity contribution >= 4 is 21.9 Å². The van der Waals surface area contributed by atoms with Gasteiger partial charge in [-0.2, -0.15) is 9.78 Å². The van der Waals surface area contributed by atoms with Gasteiger partial charge in [0, 0.05) is 5.39 Å². The van der Waals surface area contributed by atoms with E-state index in [1.165, 1.54) is 5.56 Å². The number of nitrogens with zero attached hydrogens (tertiary/aromatic N) is 4. The zero-order valence-corrected chi connectivity index (χ0v) is 10.3. The largest absolute Gasteiger partial charge is 0.275 e. The van der Waals surface area contributed by atoms with Crippen molar-refractivity contribution < 1.29 is 0 Å². The second kappa shape index (κ2) is 3.65. The molecule has 5 heteroatoms. The molecule has 4 aromatic rings. The van der Waals surface area contributed by atoms with Crippen LogP contribution < -0.4 is 0 Å². The Morgan fingerprint density at radius 1 is 1.05 bits per heavy atom. The molecule has 0 amide bonds. The lowest BCUT2D eigenvalue weighted by Crippen LogP contribution is -1.97. The molecule has 0 unspecified atom stereocenters. The van der Waals surface area contributed by atoms with Crippen molar-refractivity contribution in [1.29, 1.82) is 0 Å². The summed E-state index contributed by atoms with van der Waals surface area (Å²) in [6.07, 6.45) is 0. The molecule has 0 aliphatic rings. The predicted molar refractivity (Wildman–Crippen MR) is 73.3 cm³/mol. The van der Waals surface area contributed by atoms with Crippen LogP contribution in [0.15, 0.2) is 42.5 Å². The monoisotopic (exact) mass is 249 g/mol. The van der Waals surface area contributed by atoms with Crippen LogP contribution in [0.4, 0.5) is 0 Å². The highest BCUT2D eigenvalue weighted by molar-refractivity contribution is 5.90. The van der Waals surface area contributed by atoms with Crippen LogP contribution in [0, 0.1) is 6.92 Å². The fourth-order valence-electron chi connectivity index (χ4n) is 2.36. The Morgan fingerprint density at radius 3 is 2.89 bits per heavy atom. The third kappa shape index (κ3) is 1.38. The number of fused-ring (bicyclic) bond motifs is 2. The SMILES string of the molecule is Cc1cccc2c(-n3nnc4ccccc43)n[nH]c12. The summed E-state index contributed by atoms with van der Waals surface area (Å²) in [4.78, 5) is 0. The summed E-state index contributed by atoms with van der Waals surface area (Å²) < 4.78 is 1.77. The smallest absolute Gasteiger partial charge is 0.185 e. The van der Waals surface area contributed by atoms with E-state index in [1.54, 1.807) is 4.68 Å². The van der Waals surface area contributed by atoms with Crippen LogP contribution in [0.5, 0.6) is 0 Å². The van der Waals surface area contributed by atoms with Crippen molar-refractivity contribution in [2.45, 2.75) is 6.92 Å². The van der Waals surface area contributed by atoms with Crippen LogP contribution >= 0.6 is 0 Å². The average molecular weight is 249 g/mol. The molecular formula is C14H11N5. The standard InChI is InChI=1S/C14H11N5/c1-9-5-4-6-10-13(9)16-17-14(10)19-12-8-3-2-7-11(12)15-18-19/h2-8H,1H3,(H,16,17). The minimum atomic E-state index is 0.785. The van der Waals surface area contributed by atoms with Crippen molar-refractivity contribution in [1.82, 2.24) is 25.2 Å². The lowest BCUT2D eigenvalue weighted by molar-refractivity contribution is 0.799. The summed E-state index contributed by atoms with van der Waals surface area (Å²) in [5.74, 6) is 0.785. The number of H-pyrrole nitrogens is 1. The Bertz CT molecular complexity index is 887. The van der Waals surface area contributed by atoms with Gasteiger partial charge in [0.05, 0.1) is 11.0 Å². The Morgan fingerprint density at radius 2 is 1.95 bits per heavy atom. The van der Waals surface area contributed by atoms with E-state index in [0.29, 0.717) is 0 Å². The minimum Gasteiger partial charge on any atom is -0.275 e. The quantitative estimate of drug-likeness (QED) is 0.564. The van der Waals surface area contributed by atoms with Gasteiger partial charge in [0.15, 0.2) is 5.82 Å². The summed E-state index contributed by atoms with van der Waals surface area (Å²) in [5.41, 5.74) is 4.03. The van der Waals surface area contributed by atoms with Crippen LogP contribution in [0.25, 0.3) is 27.8 Å². The second-order valence-electron chi connectivity index (χ2n) is 4.53. The van der Waals surface area contributed by atoms with Crippen molar-refractivity contribution in [3.05, 3.63) is 48.0 Å². The van der Waals surface area contributed by atoms with Crippen molar-refractivity contribution in [3.8, 4) is 5.82 Å². The van der Waals surface area contributed by atoms with E-state index in [4.69, 9.17) is 0 Å². The van der Waals surface area contributed by atoms with Crippen LogP contribution in [0.1, 0.15) is 5.56 Å². The maximum Gasteiger partial charge on any atom is 0.185 e. The molecule has 2 heterocycles. The molecule has 0 spiro atoms. The molecule has 5 nitrogen and oxygen atoms in total.